The van der Waals surface area contributed by atoms with E-state index in [0.29, 0.717) is 24.0 Å². The molecule has 1 N–H and O–H groups in total. The number of phenolic OH excluding ortho intramolecular Hbond substituents is 1. The van der Waals surface area contributed by atoms with Crippen molar-refractivity contribution < 1.29 is 19.4 Å². The van der Waals surface area contributed by atoms with Crippen LogP contribution in [0.3, 0.4) is 0 Å². The number of hydrogen-bond acceptors (Lipinski definition) is 5. The minimum Gasteiger partial charge on any atom is -0.503 e. The highest BCUT2D eigenvalue weighted by molar-refractivity contribution is 6.32. The molecule has 0 aromatic heterocycles. The van der Waals surface area contributed by atoms with Crippen LogP contribution >= 0.6 is 11.6 Å². The highest BCUT2D eigenvalue weighted by Gasteiger charge is 2.67. The molecule has 1 aliphatic heterocycles. The van der Waals surface area contributed by atoms with Crippen molar-refractivity contribution in [2.45, 2.75) is 13.3 Å². The first-order chi connectivity index (χ1) is 13.0. The minimum absolute atomic E-state index is 0.123. The van der Waals surface area contributed by atoms with Crippen LogP contribution in [-0.4, -0.2) is 34.8 Å². The summed E-state index contributed by atoms with van der Waals surface area (Å²) in [6.45, 7) is 2.17. The summed E-state index contributed by atoms with van der Waals surface area (Å²) in [4.78, 5) is 25.8. The van der Waals surface area contributed by atoms with Gasteiger partial charge in [0.15, 0.2) is 11.5 Å². The van der Waals surface area contributed by atoms with Crippen LogP contribution in [0.1, 0.15) is 18.9 Å². The Labute approximate surface area is 161 Å². The molecule has 1 aromatic rings. The Morgan fingerprint density at radius 1 is 1.22 bits per heavy atom. The summed E-state index contributed by atoms with van der Waals surface area (Å²) in [6, 6.07) is 3.09. The van der Waals surface area contributed by atoms with E-state index in [2.05, 4.69) is 17.3 Å². The number of ether oxygens (including phenoxy) is 1. The summed E-state index contributed by atoms with van der Waals surface area (Å²) in [5.74, 6) is 0.619. The van der Waals surface area contributed by atoms with E-state index >= 15 is 0 Å². The Morgan fingerprint density at radius 3 is 2.44 bits per heavy atom. The van der Waals surface area contributed by atoms with E-state index in [0.717, 1.165) is 11.4 Å². The van der Waals surface area contributed by atoms with Gasteiger partial charge in [0.2, 0.25) is 0 Å². The van der Waals surface area contributed by atoms with Crippen molar-refractivity contribution in [1.82, 2.24) is 5.01 Å². The van der Waals surface area contributed by atoms with E-state index in [1.165, 1.54) is 12.3 Å². The fourth-order valence-electron chi connectivity index (χ4n) is 5.11. The van der Waals surface area contributed by atoms with Crippen molar-refractivity contribution in [3.05, 3.63) is 34.9 Å². The number of halogens is 1. The zero-order chi connectivity index (χ0) is 18.9. The highest BCUT2D eigenvalue weighted by Crippen LogP contribution is 2.65. The molecule has 2 saturated carbocycles. The third-order valence-corrected chi connectivity index (χ3v) is 6.60. The van der Waals surface area contributed by atoms with Crippen molar-refractivity contribution in [1.29, 1.82) is 0 Å². The zero-order valence-electron chi connectivity index (χ0n) is 14.7. The van der Waals surface area contributed by atoms with E-state index in [-0.39, 0.29) is 52.0 Å². The van der Waals surface area contributed by atoms with Gasteiger partial charge in [-0.15, -0.1) is 0 Å². The molecular weight excluding hydrogens is 368 g/mol. The predicted molar refractivity (Wildman–Crippen MR) is 98.4 cm³/mol. The molecule has 3 fully saturated rings. The van der Waals surface area contributed by atoms with Crippen LogP contribution in [-0.2, 0) is 9.59 Å². The zero-order valence-corrected chi connectivity index (χ0v) is 15.5. The first kappa shape index (κ1) is 16.8. The number of phenols is 1. The second kappa shape index (κ2) is 5.83. The Balaban J connectivity index is 1.42. The van der Waals surface area contributed by atoms with Crippen LogP contribution in [0.25, 0.3) is 0 Å². The molecule has 27 heavy (non-hydrogen) atoms. The molecule has 0 radical (unpaired) electrons. The third kappa shape index (κ3) is 2.35. The van der Waals surface area contributed by atoms with Crippen molar-refractivity contribution in [2.24, 2.45) is 40.6 Å². The normalized spacial score (nSPS) is 35.7. The van der Waals surface area contributed by atoms with Crippen LogP contribution < -0.4 is 4.74 Å². The number of nitrogens with zero attached hydrogens (tertiary/aromatic N) is 2. The maximum atomic E-state index is 12.9. The summed E-state index contributed by atoms with van der Waals surface area (Å²) in [7, 11) is 0. The molecule has 1 heterocycles. The number of hydrogen-bond donors (Lipinski definition) is 1. The van der Waals surface area contributed by atoms with Gasteiger partial charge in [0.25, 0.3) is 11.8 Å². The third-order valence-electron chi connectivity index (χ3n) is 6.31. The Morgan fingerprint density at radius 2 is 1.85 bits per heavy atom. The number of benzene rings is 1. The number of amides is 2. The SMILES string of the molecule is CCOc1cc(/C=N/N2C(=O)[C@@H]3[C@@H]4C=C[C@H]([C@H]5C[C@H]45)[C@@H]3C2=O)cc(Cl)c1O. The number of allylic oxidation sites excluding steroid dienone is 2. The monoisotopic (exact) mass is 386 g/mol. The summed E-state index contributed by atoms with van der Waals surface area (Å²) in [6.07, 6.45) is 6.81. The summed E-state index contributed by atoms with van der Waals surface area (Å²) in [5, 5.41) is 15.2. The molecule has 2 amide bonds. The Hall–Kier alpha value is -2.34. The number of rotatable bonds is 4. The summed E-state index contributed by atoms with van der Waals surface area (Å²) >= 11 is 6.03. The average Bonchev–Trinajstić information content (AvgIpc) is 3.43. The molecule has 2 bridgehead atoms. The van der Waals surface area contributed by atoms with E-state index in [9.17, 15) is 14.7 Å². The molecular formula is C20H19ClN2O4. The van der Waals surface area contributed by atoms with Gasteiger partial charge in [-0.1, -0.05) is 23.8 Å². The van der Waals surface area contributed by atoms with Gasteiger partial charge in [-0.3, -0.25) is 9.59 Å². The van der Waals surface area contributed by atoms with Gasteiger partial charge in [0, 0.05) is 0 Å². The first-order valence-corrected chi connectivity index (χ1v) is 9.64. The van der Waals surface area contributed by atoms with E-state index in [4.69, 9.17) is 16.3 Å². The standard InChI is InChI=1S/C20H19ClN2O4/c1-2-27-15-6-9(5-14(21)18(15)24)8-22-23-19(25)16-10-3-4-11(13-7-12(10)13)17(16)20(23)26/h3-6,8,10-13,16-17,24H,2,7H2,1H3/b22-8+/t10-,11-,12-,13-,16-,17+/m1/s1. The van der Waals surface area contributed by atoms with Crippen molar-refractivity contribution in [2.75, 3.05) is 6.61 Å². The molecule has 0 unspecified atom stereocenters. The highest BCUT2D eigenvalue weighted by atomic mass is 35.5. The van der Waals surface area contributed by atoms with Crippen LogP contribution in [0.5, 0.6) is 11.5 Å². The second-order valence-corrected chi connectivity index (χ2v) is 8.08. The van der Waals surface area contributed by atoms with Crippen molar-refractivity contribution in [3.8, 4) is 11.5 Å². The Bertz CT molecular complexity index is 875. The molecule has 7 heteroatoms. The molecule has 140 valence electrons. The first-order valence-electron chi connectivity index (χ1n) is 9.26. The second-order valence-electron chi connectivity index (χ2n) is 7.67. The predicted octanol–water partition coefficient (Wildman–Crippen LogP) is 2.83. The van der Waals surface area contributed by atoms with Gasteiger partial charge in [0.1, 0.15) is 0 Å². The molecule has 6 rings (SSSR count). The van der Waals surface area contributed by atoms with Gasteiger partial charge < -0.3 is 9.84 Å². The number of imide groups is 1. The van der Waals surface area contributed by atoms with Crippen molar-refractivity contribution >= 4 is 29.6 Å². The van der Waals surface area contributed by atoms with Crippen LogP contribution in [0, 0.1) is 35.5 Å². The molecule has 1 saturated heterocycles. The lowest BCUT2D eigenvalue weighted by atomic mass is 9.63. The number of carbonyl (C=O) groups is 2. The molecule has 6 nitrogen and oxygen atoms in total. The summed E-state index contributed by atoms with van der Waals surface area (Å²) < 4.78 is 5.35. The largest absolute Gasteiger partial charge is 0.503 e. The van der Waals surface area contributed by atoms with Gasteiger partial charge in [-0.2, -0.15) is 10.1 Å². The lowest BCUT2D eigenvalue weighted by Crippen LogP contribution is -2.40. The van der Waals surface area contributed by atoms with Gasteiger partial charge in [-0.05, 0) is 54.7 Å². The quantitative estimate of drug-likeness (QED) is 0.490. The maximum absolute atomic E-state index is 12.9. The molecule has 6 atom stereocenters. The minimum atomic E-state index is -0.268. The number of aromatic hydroxyl groups is 1. The smallest absolute Gasteiger partial charge is 0.254 e. The van der Waals surface area contributed by atoms with Crippen LogP contribution in [0.4, 0.5) is 0 Å². The molecule has 5 aliphatic rings. The van der Waals surface area contributed by atoms with Gasteiger partial charge in [-0.25, -0.2) is 0 Å². The lowest BCUT2D eigenvalue weighted by Gasteiger charge is -2.37. The molecule has 0 spiro atoms. The summed E-state index contributed by atoms with van der Waals surface area (Å²) in [5.41, 5.74) is 0.542. The molecule has 4 aliphatic carbocycles. The van der Waals surface area contributed by atoms with E-state index in [1.54, 1.807) is 13.0 Å². The molecule has 1 aromatic carbocycles. The Kier molecular flexibility index (Phi) is 3.63. The fourth-order valence-corrected chi connectivity index (χ4v) is 5.33. The number of hydrazone groups is 1. The lowest BCUT2D eigenvalue weighted by molar-refractivity contribution is -0.140. The fraction of sp³-hybridized carbons (Fsp3) is 0.450. The average molecular weight is 387 g/mol. The van der Waals surface area contributed by atoms with Crippen LogP contribution in [0.15, 0.2) is 29.4 Å². The maximum Gasteiger partial charge on any atom is 0.254 e. The topological polar surface area (TPSA) is 79.2 Å². The number of carbonyl (C=O) groups excluding carboxylic acids is 2. The van der Waals surface area contributed by atoms with E-state index in [1.807, 2.05) is 0 Å². The van der Waals surface area contributed by atoms with Gasteiger partial charge in [0.05, 0.1) is 29.7 Å². The van der Waals surface area contributed by atoms with Crippen molar-refractivity contribution in [3.63, 3.8) is 0 Å². The van der Waals surface area contributed by atoms with Gasteiger partial charge >= 0.3 is 0 Å². The van der Waals surface area contributed by atoms with E-state index < -0.39 is 0 Å². The van der Waals surface area contributed by atoms with Crippen LogP contribution in [0.2, 0.25) is 5.02 Å².